The van der Waals surface area contributed by atoms with E-state index in [1.54, 1.807) is 19.1 Å². The molecule has 0 saturated heterocycles. The fraction of sp³-hybridized carbons (Fsp3) is 0.182. The van der Waals surface area contributed by atoms with Gasteiger partial charge in [-0.15, -0.1) is 0 Å². The third-order valence-corrected chi connectivity index (χ3v) is 3.58. The van der Waals surface area contributed by atoms with Gasteiger partial charge in [-0.1, -0.05) is 5.16 Å². The monoisotopic (exact) mass is 252 g/mol. The first kappa shape index (κ1) is 11.7. The summed E-state index contributed by atoms with van der Waals surface area (Å²) in [4.78, 5) is 0.260. The fourth-order valence-electron chi connectivity index (χ4n) is 1.44. The van der Waals surface area contributed by atoms with Crippen LogP contribution in [0.1, 0.15) is 5.69 Å². The Kier molecular flexibility index (Phi) is 2.66. The van der Waals surface area contributed by atoms with E-state index in [1.807, 2.05) is 0 Å². The summed E-state index contributed by atoms with van der Waals surface area (Å²) >= 11 is 0. The van der Waals surface area contributed by atoms with Gasteiger partial charge in [0.25, 0.3) is 0 Å². The quantitative estimate of drug-likeness (QED) is 0.878. The highest BCUT2D eigenvalue weighted by molar-refractivity contribution is 7.90. The lowest BCUT2D eigenvalue weighted by molar-refractivity contribution is 0.427. The second-order valence-electron chi connectivity index (χ2n) is 3.81. The van der Waals surface area contributed by atoms with E-state index in [0.717, 1.165) is 6.26 Å². The molecule has 6 heteroatoms. The maximum Gasteiger partial charge on any atom is 0.189 e. The third-order valence-electron chi connectivity index (χ3n) is 2.45. The Morgan fingerprint density at radius 2 is 1.82 bits per heavy atom. The number of aryl methyl sites for hydroxylation is 1. The van der Waals surface area contributed by atoms with Crippen LogP contribution in [-0.2, 0) is 9.84 Å². The van der Waals surface area contributed by atoms with Crippen LogP contribution in [-0.4, -0.2) is 19.8 Å². The summed E-state index contributed by atoms with van der Waals surface area (Å²) < 4.78 is 27.7. The number of benzene rings is 1. The smallest absolute Gasteiger partial charge is 0.189 e. The molecule has 5 nitrogen and oxygen atoms in total. The molecule has 0 aliphatic rings. The lowest BCUT2D eigenvalue weighted by atomic mass is 10.1. The number of nitrogens with two attached hydrogens (primary N) is 1. The molecular formula is C11H12N2O3S. The summed E-state index contributed by atoms with van der Waals surface area (Å²) in [6, 6.07) is 6.32. The van der Waals surface area contributed by atoms with Crippen LogP contribution < -0.4 is 5.73 Å². The van der Waals surface area contributed by atoms with Crippen LogP contribution in [0.2, 0.25) is 0 Å². The molecule has 0 amide bonds. The topological polar surface area (TPSA) is 86.2 Å². The van der Waals surface area contributed by atoms with E-state index in [4.69, 9.17) is 10.3 Å². The number of nitrogen functional groups attached to an aromatic ring is 1. The maximum atomic E-state index is 11.3. The van der Waals surface area contributed by atoms with Crippen LogP contribution in [0.3, 0.4) is 0 Å². The van der Waals surface area contributed by atoms with Crippen LogP contribution >= 0.6 is 0 Å². The molecule has 2 aromatic rings. The summed E-state index contributed by atoms with van der Waals surface area (Å²) in [7, 11) is -3.18. The van der Waals surface area contributed by atoms with Crippen molar-refractivity contribution in [2.24, 2.45) is 0 Å². The van der Waals surface area contributed by atoms with Crippen molar-refractivity contribution in [3.05, 3.63) is 30.0 Å². The highest BCUT2D eigenvalue weighted by atomic mass is 32.2. The number of anilines is 1. The van der Waals surface area contributed by atoms with Gasteiger partial charge in [0.05, 0.1) is 4.90 Å². The van der Waals surface area contributed by atoms with E-state index < -0.39 is 9.84 Å². The molecule has 0 bridgehead atoms. The molecule has 1 aromatic carbocycles. The minimum atomic E-state index is -3.18. The number of nitrogens with zero attached hydrogens (tertiary/aromatic N) is 1. The van der Waals surface area contributed by atoms with E-state index in [0.29, 0.717) is 22.7 Å². The van der Waals surface area contributed by atoms with E-state index in [2.05, 4.69) is 5.16 Å². The second kappa shape index (κ2) is 3.89. The maximum absolute atomic E-state index is 11.3. The van der Waals surface area contributed by atoms with Crippen LogP contribution in [0, 0.1) is 6.92 Å². The molecule has 0 aliphatic heterocycles. The average molecular weight is 252 g/mol. The van der Waals surface area contributed by atoms with E-state index in [-0.39, 0.29) is 4.90 Å². The molecule has 0 unspecified atom stereocenters. The number of hydrogen-bond acceptors (Lipinski definition) is 5. The summed E-state index contributed by atoms with van der Waals surface area (Å²) in [6.45, 7) is 1.74. The average Bonchev–Trinajstić information content (AvgIpc) is 2.59. The second-order valence-corrected chi connectivity index (χ2v) is 5.82. The Morgan fingerprint density at radius 3 is 2.24 bits per heavy atom. The van der Waals surface area contributed by atoms with Crippen molar-refractivity contribution in [3.8, 4) is 11.3 Å². The lowest BCUT2D eigenvalue weighted by Gasteiger charge is -2.00. The first-order valence-electron chi connectivity index (χ1n) is 4.92. The van der Waals surface area contributed by atoms with Crippen molar-refractivity contribution in [3.63, 3.8) is 0 Å². The Labute approximate surface area is 99.1 Å². The minimum absolute atomic E-state index is 0.260. The van der Waals surface area contributed by atoms with Gasteiger partial charge in [0.1, 0.15) is 11.4 Å². The van der Waals surface area contributed by atoms with Gasteiger partial charge >= 0.3 is 0 Å². The zero-order chi connectivity index (χ0) is 12.6. The fourth-order valence-corrected chi connectivity index (χ4v) is 2.07. The van der Waals surface area contributed by atoms with E-state index in [1.165, 1.54) is 12.1 Å². The standard InChI is InChI=1S/C11H12N2O3S/c1-7-10(12)11(16-13-7)8-3-5-9(6-4-8)17(2,14)15/h3-6H,12H2,1-2H3. The molecule has 90 valence electrons. The van der Waals surface area contributed by atoms with Crippen LogP contribution in [0.25, 0.3) is 11.3 Å². The van der Waals surface area contributed by atoms with Crippen molar-refractivity contribution in [1.29, 1.82) is 0 Å². The SMILES string of the molecule is Cc1noc(-c2ccc(S(C)(=O)=O)cc2)c1N. The molecule has 1 aromatic heterocycles. The molecule has 0 fully saturated rings. The summed E-state index contributed by atoms with van der Waals surface area (Å²) in [6.07, 6.45) is 1.16. The van der Waals surface area contributed by atoms with Crippen LogP contribution in [0.4, 0.5) is 5.69 Å². The van der Waals surface area contributed by atoms with Crippen molar-refractivity contribution in [2.75, 3.05) is 12.0 Å². The van der Waals surface area contributed by atoms with Gasteiger partial charge in [-0.3, -0.25) is 0 Å². The van der Waals surface area contributed by atoms with Crippen molar-refractivity contribution in [2.45, 2.75) is 11.8 Å². The van der Waals surface area contributed by atoms with E-state index in [9.17, 15) is 8.42 Å². The van der Waals surface area contributed by atoms with Crippen LogP contribution in [0.15, 0.2) is 33.7 Å². The Hall–Kier alpha value is -1.82. The largest absolute Gasteiger partial charge is 0.394 e. The van der Waals surface area contributed by atoms with Crippen molar-refractivity contribution >= 4 is 15.5 Å². The highest BCUT2D eigenvalue weighted by Gasteiger charge is 2.13. The zero-order valence-corrected chi connectivity index (χ0v) is 10.3. The molecular weight excluding hydrogens is 240 g/mol. The molecule has 2 rings (SSSR count). The molecule has 2 N–H and O–H groups in total. The molecule has 0 aliphatic carbocycles. The van der Waals surface area contributed by atoms with Gasteiger partial charge in [0.15, 0.2) is 15.6 Å². The lowest BCUT2D eigenvalue weighted by Crippen LogP contribution is -1.96. The number of rotatable bonds is 2. The molecule has 1 heterocycles. The number of aromatic nitrogens is 1. The van der Waals surface area contributed by atoms with Gasteiger partial charge in [0, 0.05) is 11.8 Å². The summed E-state index contributed by atoms with van der Waals surface area (Å²) in [5.41, 5.74) is 7.58. The molecule has 0 radical (unpaired) electrons. The Balaban J connectivity index is 2.46. The first-order valence-corrected chi connectivity index (χ1v) is 6.81. The third kappa shape index (κ3) is 2.16. The van der Waals surface area contributed by atoms with Crippen molar-refractivity contribution < 1.29 is 12.9 Å². The van der Waals surface area contributed by atoms with Gasteiger partial charge < -0.3 is 10.3 Å². The highest BCUT2D eigenvalue weighted by Crippen LogP contribution is 2.28. The molecule has 17 heavy (non-hydrogen) atoms. The predicted octanol–water partition coefficient (Wildman–Crippen LogP) is 1.64. The predicted molar refractivity (Wildman–Crippen MR) is 64.2 cm³/mol. The number of hydrogen-bond donors (Lipinski definition) is 1. The van der Waals surface area contributed by atoms with E-state index >= 15 is 0 Å². The molecule has 0 spiro atoms. The Morgan fingerprint density at radius 1 is 1.24 bits per heavy atom. The zero-order valence-electron chi connectivity index (χ0n) is 9.47. The van der Waals surface area contributed by atoms with Gasteiger partial charge in [0.2, 0.25) is 0 Å². The van der Waals surface area contributed by atoms with Gasteiger partial charge in [-0.25, -0.2) is 8.42 Å². The normalized spacial score (nSPS) is 11.6. The summed E-state index contributed by atoms with van der Waals surface area (Å²) in [5.74, 6) is 0.461. The van der Waals surface area contributed by atoms with Gasteiger partial charge in [-0.05, 0) is 31.2 Å². The minimum Gasteiger partial charge on any atom is -0.394 e. The van der Waals surface area contributed by atoms with Gasteiger partial charge in [-0.2, -0.15) is 0 Å². The first-order chi connectivity index (χ1) is 7.89. The molecule has 0 saturated carbocycles. The number of sulfone groups is 1. The summed E-state index contributed by atoms with van der Waals surface area (Å²) in [5, 5.41) is 3.75. The Bertz CT molecular complexity index is 642. The van der Waals surface area contributed by atoms with Crippen LogP contribution in [0.5, 0.6) is 0 Å². The van der Waals surface area contributed by atoms with Crippen molar-refractivity contribution in [1.82, 2.24) is 5.16 Å². The molecule has 0 atom stereocenters.